The Hall–Kier alpha value is -4.77. The number of nitriles is 1. The first-order chi connectivity index (χ1) is 16.4. The van der Waals surface area contributed by atoms with Gasteiger partial charge >= 0.3 is 0 Å². The summed E-state index contributed by atoms with van der Waals surface area (Å²) in [7, 11) is 3.02. The van der Waals surface area contributed by atoms with E-state index in [1.54, 1.807) is 61.7 Å². The lowest BCUT2D eigenvalue weighted by atomic mass is 10.1. The van der Waals surface area contributed by atoms with Gasteiger partial charge in [0.1, 0.15) is 24.0 Å². The van der Waals surface area contributed by atoms with Crippen molar-refractivity contribution in [2.75, 3.05) is 19.5 Å². The fraction of sp³-hybridized carbons (Fsp3) is 0.115. The Morgan fingerprint density at radius 1 is 0.971 bits per heavy atom. The van der Waals surface area contributed by atoms with Crippen LogP contribution in [-0.2, 0) is 11.4 Å². The van der Waals surface area contributed by atoms with E-state index in [2.05, 4.69) is 5.32 Å². The van der Waals surface area contributed by atoms with Crippen LogP contribution < -0.4 is 24.6 Å². The van der Waals surface area contributed by atoms with Crippen LogP contribution in [0.1, 0.15) is 21.5 Å². The number of ether oxygens (including phenoxy) is 3. The largest absolute Gasteiger partial charge is 0.545 e. The molecule has 3 rings (SSSR count). The first-order valence-electron chi connectivity index (χ1n) is 10.1. The molecule has 0 bridgehead atoms. The zero-order chi connectivity index (χ0) is 24.5. The highest BCUT2D eigenvalue weighted by Crippen LogP contribution is 2.30. The van der Waals surface area contributed by atoms with E-state index in [1.165, 1.54) is 25.3 Å². The fourth-order valence-electron chi connectivity index (χ4n) is 2.98. The van der Waals surface area contributed by atoms with Gasteiger partial charge in [0.2, 0.25) is 0 Å². The lowest BCUT2D eigenvalue weighted by Crippen LogP contribution is -2.22. The molecule has 0 aliphatic heterocycles. The Labute approximate surface area is 196 Å². The Morgan fingerprint density at radius 3 is 2.26 bits per heavy atom. The molecule has 0 spiro atoms. The molecule has 0 aliphatic rings. The van der Waals surface area contributed by atoms with Crippen LogP contribution in [0.5, 0.6) is 17.2 Å². The van der Waals surface area contributed by atoms with Crippen LogP contribution in [-0.4, -0.2) is 26.1 Å². The topological polar surface area (TPSA) is 121 Å². The lowest BCUT2D eigenvalue weighted by Gasteiger charge is -2.12. The maximum Gasteiger partial charge on any atom is 0.266 e. The maximum absolute atomic E-state index is 12.5. The standard InChI is InChI=1S/C26H22N2O6/c1-32-22-10-8-21(9-11-22)28-25(29)20(15-27)13-18-5-12-23(24(14-18)33-2)34-16-17-3-6-19(7-4-17)26(30)31/h3-14H,16H2,1-2H3,(H,28,29)(H,30,31)/p-1/b20-13-. The number of amides is 1. The number of nitrogens with one attached hydrogen (secondary N) is 1. The van der Waals surface area contributed by atoms with Gasteiger partial charge in [-0.15, -0.1) is 0 Å². The second-order valence-corrected chi connectivity index (χ2v) is 7.04. The molecule has 8 nitrogen and oxygen atoms in total. The fourth-order valence-corrected chi connectivity index (χ4v) is 2.98. The highest BCUT2D eigenvalue weighted by molar-refractivity contribution is 6.09. The highest BCUT2D eigenvalue weighted by atomic mass is 16.5. The third kappa shape index (κ3) is 6.14. The van der Waals surface area contributed by atoms with Crippen molar-refractivity contribution in [2.45, 2.75) is 6.61 Å². The molecule has 172 valence electrons. The van der Waals surface area contributed by atoms with E-state index < -0.39 is 11.9 Å². The summed E-state index contributed by atoms with van der Waals surface area (Å²) in [5, 5.41) is 23.0. The molecule has 1 N–H and O–H groups in total. The van der Waals surface area contributed by atoms with E-state index in [0.717, 1.165) is 5.56 Å². The van der Waals surface area contributed by atoms with Crippen molar-refractivity contribution < 1.29 is 28.9 Å². The number of hydrogen-bond donors (Lipinski definition) is 1. The summed E-state index contributed by atoms with van der Waals surface area (Å²) >= 11 is 0. The van der Waals surface area contributed by atoms with Crippen LogP contribution in [0, 0.1) is 11.3 Å². The number of carbonyl (C=O) groups is 2. The molecule has 0 fully saturated rings. The van der Waals surface area contributed by atoms with Crippen molar-refractivity contribution in [2.24, 2.45) is 0 Å². The molecule has 3 aromatic carbocycles. The van der Waals surface area contributed by atoms with Gasteiger partial charge in [-0.3, -0.25) is 4.79 Å². The Morgan fingerprint density at radius 2 is 1.68 bits per heavy atom. The average Bonchev–Trinajstić information content (AvgIpc) is 2.86. The van der Waals surface area contributed by atoms with Gasteiger partial charge in [0.05, 0.1) is 20.2 Å². The molecule has 0 heterocycles. The number of nitrogens with zero attached hydrogens (tertiary/aromatic N) is 1. The van der Waals surface area contributed by atoms with E-state index in [4.69, 9.17) is 14.2 Å². The van der Waals surface area contributed by atoms with E-state index in [0.29, 0.717) is 28.5 Å². The van der Waals surface area contributed by atoms with Gasteiger partial charge < -0.3 is 29.4 Å². The predicted molar refractivity (Wildman–Crippen MR) is 123 cm³/mol. The van der Waals surface area contributed by atoms with Gasteiger partial charge in [0.25, 0.3) is 5.91 Å². The summed E-state index contributed by atoms with van der Waals surface area (Å²) in [6.07, 6.45) is 1.45. The van der Waals surface area contributed by atoms with Gasteiger partial charge in [-0.2, -0.15) is 5.26 Å². The van der Waals surface area contributed by atoms with Crippen molar-refractivity contribution in [1.29, 1.82) is 5.26 Å². The van der Waals surface area contributed by atoms with Crippen LogP contribution in [0.25, 0.3) is 6.08 Å². The number of carboxylic acid groups (broad SMARTS) is 1. The van der Waals surface area contributed by atoms with E-state index in [9.17, 15) is 20.0 Å². The van der Waals surface area contributed by atoms with Gasteiger partial charge in [-0.05, 0) is 59.2 Å². The predicted octanol–water partition coefficient (Wildman–Crippen LogP) is 3.19. The van der Waals surface area contributed by atoms with Crippen molar-refractivity contribution in [3.05, 3.63) is 89.0 Å². The molecular formula is C26H21N2O6-. The van der Waals surface area contributed by atoms with Gasteiger partial charge in [0.15, 0.2) is 11.5 Å². The third-order valence-corrected chi connectivity index (χ3v) is 4.80. The molecule has 34 heavy (non-hydrogen) atoms. The van der Waals surface area contributed by atoms with E-state index >= 15 is 0 Å². The molecule has 8 heteroatoms. The van der Waals surface area contributed by atoms with Gasteiger partial charge in [0, 0.05) is 5.69 Å². The number of carboxylic acids is 1. The van der Waals surface area contributed by atoms with Gasteiger partial charge in [-0.1, -0.05) is 30.3 Å². The summed E-state index contributed by atoms with van der Waals surface area (Å²) < 4.78 is 16.3. The third-order valence-electron chi connectivity index (χ3n) is 4.80. The molecular weight excluding hydrogens is 436 g/mol. The van der Waals surface area contributed by atoms with Crippen LogP contribution in [0.3, 0.4) is 0 Å². The normalized spacial score (nSPS) is 10.7. The molecule has 0 atom stereocenters. The molecule has 0 radical (unpaired) electrons. The second-order valence-electron chi connectivity index (χ2n) is 7.04. The number of rotatable bonds is 9. The summed E-state index contributed by atoms with van der Waals surface area (Å²) in [6.45, 7) is 0.187. The van der Waals surface area contributed by atoms with Crippen molar-refractivity contribution in [3.63, 3.8) is 0 Å². The zero-order valence-electron chi connectivity index (χ0n) is 18.5. The summed E-state index contributed by atoms with van der Waals surface area (Å²) in [6, 6.07) is 19.8. The minimum atomic E-state index is -1.24. The summed E-state index contributed by atoms with van der Waals surface area (Å²) in [5.74, 6) is -0.282. The van der Waals surface area contributed by atoms with Crippen LogP contribution >= 0.6 is 0 Å². The Bertz CT molecular complexity index is 1240. The van der Waals surface area contributed by atoms with Gasteiger partial charge in [-0.25, -0.2) is 0 Å². The number of anilines is 1. The molecule has 0 saturated heterocycles. The SMILES string of the molecule is COc1ccc(NC(=O)/C(C#N)=C\c2ccc(OCc3ccc(C(=O)[O-])cc3)c(OC)c2)cc1. The summed E-state index contributed by atoms with van der Waals surface area (Å²) in [4.78, 5) is 23.4. The molecule has 1 amide bonds. The van der Waals surface area contributed by atoms with E-state index in [1.807, 2.05) is 6.07 Å². The minimum Gasteiger partial charge on any atom is -0.545 e. The number of benzene rings is 3. The summed E-state index contributed by atoms with van der Waals surface area (Å²) in [5.41, 5.74) is 1.87. The molecule has 0 saturated carbocycles. The lowest BCUT2D eigenvalue weighted by molar-refractivity contribution is -0.255. The number of carbonyl (C=O) groups excluding carboxylic acids is 2. The van der Waals surface area contributed by atoms with E-state index in [-0.39, 0.29) is 17.7 Å². The smallest absolute Gasteiger partial charge is 0.266 e. The minimum absolute atomic E-state index is 0.0838. The van der Waals surface area contributed by atoms with Crippen molar-refractivity contribution in [1.82, 2.24) is 0 Å². The molecule has 0 aliphatic carbocycles. The van der Waals surface area contributed by atoms with Crippen LogP contribution in [0.15, 0.2) is 72.3 Å². The molecule has 0 unspecified atom stereocenters. The van der Waals surface area contributed by atoms with Crippen molar-refractivity contribution >= 4 is 23.6 Å². The quantitative estimate of drug-likeness (QED) is 0.387. The molecule has 3 aromatic rings. The molecule has 0 aromatic heterocycles. The Balaban J connectivity index is 1.71. The maximum atomic E-state index is 12.5. The number of methoxy groups -OCH3 is 2. The second kappa shape index (κ2) is 11.2. The number of aromatic carboxylic acids is 1. The first kappa shape index (κ1) is 23.9. The average molecular weight is 457 g/mol. The van der Waals surface area contributed by atoms with Crippen LogP contribution in [0.2, 0.25) is 0 Å². The monoisotopic (exact) mass is 457 g/mol. The van der Waals surface area contributed by atoms with Crippen LogP contribution in [0.4, 0.5) is 5.69 Å². The Kier molecular flexibility index (Phi) is 7.87. The van der Waals surface area contributed by atoms with Crippen molar-refractivity contribution in [3.8, 4) is 23.3 Å². The zero-order valence-corrected chi connectivity index (χ0v) is 18.5. The highest BCUT2D eigenvalue weighted by Gasteiger charge is 2.12. The number of hydrogen-bond acceptors (Lipinski definition) is 7. The first-order valence-corrected chi connectivity index (χ1v) is 10.1.